The van der Waals surface area contributed by atoms with E-state index in [4.69, 9.17) is 16.3 Å². The van der Waals surface area contributed by atoms with Crippen molar-refractivity contribution < 1.29 is 18.3 Å². The molecule has 3 rings (SSSR count). The van der Waals surface area contributed by atoms with Crippen LogP contribution < -0.4 is 10.1 Å². The zero-order chi connectivity index (χ0) is 23.3. The highest BCUT2D eigenvalue weighted by atomic mass is 35.5. The molecule has 0 aliphatic carbocycles. The standard InChI is InChI=1S/C25H25ClF2N2O2/c1-16(30-24(31)25(2,3)32-22-13-20(27)12-21(28)14-22)23(18-5-4-10-29-15-18)11-17-6-8-19(26)9-7-17/h4-10,12-16,23H,11H2,1-3H3,(H,30,31). The SMILES string of the molecule is CC(NC(=O)C(C)(C)Oc1cc(F)cc(F)c1)C(Cc1ccc(Cl)cc1)c1cccnc1. The fourth-order valence-corrected chi connectivity index (χ4v) is 3.59. The first-order valence-corrected chi connectivity index (χ1v) is 10.6. The summed E-state index contributed by atoms with van der Waals surface area (Å²) in [4.78, 5) is 17.2. The van der Waals surface area contributed by atoms with Gasteiger partial charge in [0, 0.05) is 47.6 Å². The summed E-state index contributed by atoms with van der Waals surface area (Å²) in [5, 5.41) is 3.65. The molecule has 0 spiro atoms. The van der Waals surface area contributed by atoms with E-state index in [1.807, 2.05) is 43.3 Å². The largest absolute Gasteiger partial charge is 0.478 e. The van der Waals surface area contributed by atoms with Crippen molar-refractivity contribution in [2.45, 2.75) is 44.8 Å². The predicted octanol–water partition coefficient (Wildman–Crippen LogP) is 5.70. The summed E-state index contributed by atoms with van der Waals surface area (Å²) < 4.78 is 32.6. The van der Waals surface area contributed by atoms with Gasteiger partial charge in [-0.1, -0.05) is 29.8 Å². The van der Waals surface area contributed by atoms with Crippen LogP contribution in [0.3, 0.4) is 0 Å². The van der Waals surface area contributed by atoms with Crippen LogP contribution in [0.4, 0.5) is 8.78 Å². The minimum Gasteiger partial charge on any atom is -0.478 e. The topological polar surface area (TPSA) is 51.2 Å². The molecule has 0 radical (unpaired) electrons. The highest BCUT2D eigenvalue weighted by Gasteiger charge is 2.33. The zero-order valence-corrected chi connectivity index (χ0v) is 18.9. The van der Waals surface area contributed by atoms with Crippen molar-refractivity contribution in [1.82, 2.24) is 10.3 Å². The first-order chi connectivity index (χ1) is 15.1. The molecular weight excluding hydrogens is 434 g/mol. The van der Waals surface area contributed by atoms with Gasteiger partial charge in [0.2, 0.25) is 0 Å². The van der Waals surface area contributed by atoms with Crippen molar-refractivity contribution in [2.24, 2.45) is 0 Å². The Morgan fingerprint density at radius 2 is 1.78 bits per heavy atom. The summed E-state index contributed by atoms with van der Waals surface area (Å²) in [5.74, 6) is -2.08. The van der Waals surface area contributed by atoms with Crippen molar-refractivity contribution in [3.63, 3.8) is 0 Å². The number of nitrogens with one attached hydrogen (secondary N) is 1. The minimum absolute atomic E-state index is 0.0553. The Labute approximate surface area is 191 Å². The number of rotatable bonds is 8. The zero-order valence-electron chi connectivity index (χ0n) is 18.1. The van der Waals surface area contributed by atoms with Crippen LogP contribution in [-0.4, -0.2) is 22.5 Å². The number of halogens is 3. The van der Waals surface area contributed by atoms with Gasteiger partial charge >= 0.3 is 0 Å². The number of benzene rings is 2. The molecular formula is C25H25ClF2N2O2. The monoisotopic (exact) mass is 458 g/mol. The van der Waals surface area contributed by atoms with Gasteiger partial charge in [0.15, 0.2) is 5.60 Å². The first kappa shape index (κ1) is 23.7. The number of nitrogens with zero attached hydrogens (tertiary/aromatic N) is 1. The van der Waals surface area contributed by atoms with E-state index < -0.39 is 23.1 Å². The molecule has 2 atom stereocenters. The third-order valence-corrected chi connectivity index (χ3v) is 5.45. The molecule has 32 heavy (non-hydrogen) atoms. The maximum atomic E-state index is 13.5. The van der Waals surface area contributed by atoms with Crippen LogP contribution in [-0.2, 0) is 11.2 Å². The third-order valence-electron chi connectivity index (χ3n) is 5.20. The van der Waals surface area contributed by atoms with Gasteiger partial charge < -0.3 is 10.1 Å². The van der Waals surface area contributed by atoms with Gasteiger partial charge in [0.25, 0.3) is 5.91 Å². The van der Waals surface area contributed by atoms with Gasteiger partial charge in [-0.3, -0.25) is 9.78 Å². The lowest BCUT2D eigenvalue weighted by atomic mass is 9.87. The van der Waals surface area contributed by atoms with Crippen molar-refractivity contribution in [3.8, 4) is 5.75 Å². The fourth-order valence-electron chi connectivity index (χ4n) is 3.46. The highest BCUT2D eigenvalue weighted by molar-refractivity contribution is 6.30. The van der Waals surface area contributed by atoms with Crippen LogP contribution >= 0.6 is 11.6 Å². The average Bonchev–Trinajstić information content (AvgIpc) is 2.72. The normalized spacial score (nSPS) is 13.3. The molecule has 0 aliphatic rings. The van der Waals surface area contributed by atoms with Crippen molar-refractivity contribution in [2.75, 3.05) is 0 Å². The average molecular weight is 459 g/mol. The van der Waals surface area contributed by atoms with E-state index in [0.717, 1.165) is 29.3 Å². The van der Waals surface area contributed by atoms with Crippen LogP contribution in [0, 0.1) is 11.6 Å². The molecule has 0 bridgehead atoms. The number of carbonyl (C=O) groups excluding carboxylic acids is 1. The lowest BCUT2D eigenvalue weighted by Gasteiger charge is -2.31. The smallest absolute Gasteiger partial charge is 0.263 e. The second-order valence-electron chi connectivity index (χ2n) is 8.20. The van der Waals surface area contributed by atoms with Gasteiger partial charge in [-0.25, -0.2) is 8.78 Å². The van der Waals surface area contributed by atoms with Crippen molar-refractivity contribution in [3.05, 3.63) is 94.8 Å². The van der Waals surface area contributed by atoms with Crippen LogP contribution in [0.5, 0.6) is 5.75 Å². The summed E-state index contributed by atoms with van der Waals surface area (Å²) in [5.41, 5.74) is 0.685. The van der Waals surface area contributed by atoms with E-state index in [1.54, 1.807) is 26.2 Å². The van der Waals surface area contributed by atoms with Gasteiger partial charge in [-0.05, 0) is 56.5 Å². The van der Waals surface area contributed by atoms with Gasteiger partial charge in [-0.15, -0.1) is 0 Å². The maximum Gasteiger partial charge on any atom is 0.263 e. The van der Waals surface area contributed by atoms with E-state index in [2.05, 4.69) is 10.3 Å². The van der Waals surface area contributed by atoms with E-state index in [0.29, 0.717) is 11.4 Å². The van der Waals surface area contributed by atoms with Crippen LogP contribution in [0.2, 0.25) is 5.02 Å². The molecule has 1 heterocycles. The molecule has 168 valence electrons. The number of aromatic nitrogens is 1. The highest BCUT2D eigenvalue weighted by Crippen LogP contribution is 2.26. The third kappa shape index (κ3) is 6.26. The number of amides is 1. The molecule has 4 nitrogen and oxygen atoms in total. The van der Waals surface area contributed by atoms with Crippen LogP contribution in [0.1, 0.15) is 37.8 Å². The Morgan fingerprint density at radius 3 is 2.38 bits per heavy atom. The van der Waals surface area contributed by atoms with Gasteiger partial charge in [0.1, 0.15) is 17.4 Å². The quantitative estimate of drug-likeness (QED) is 0.471. The van der Waals surface area contributed by atoms with Crippen molar-refractivity contribution in [1.29, 1.82) is 0 Å². The van der Waals surface area contributed by atoms with E-state index in [9.17, 15) is 13.6 Å². The van der Waals surface area contributed by atoms with Crippen molar-refractivity contribution >= 4 is 17.5 Å². The molecule has 1 amide bonds. The molecule has 1 N–H and O–H groups in total. The number of pyridine rings is 1. The Balaban J connectivity index is 1.77. The lowest BCUT2D eigenvalue weighted by molar-refractivity contribution is -0.135. The number of hydrogen-bond acceptors (Lipinski definition) is 3. The van der Waals surface area contributed by atoms with Gasteiger partial charge in [-0.2, -0.15) is 0 Å². The molecule has 0 saturated heterocycles. The number of carbonyl (C=O) groups is 1. The Bertz CT molecular complexity index is 1040. The van der Waals surface area contributed by atoms with Gasteiger partial charge in [0.05, 0.1) is 0 Å². The molecule has 0 saturated carbocycles. The molecule has 2 unspecified atom stereocenters. The van der Waals surface area contributed by atoms with E-state index in [-0.39, 0.29) is 17.7 Å². The second-order valence-corrected chi connectivity index (χ2v) is 8.64. The van der Waals surface area contributed by atoms with E-state index in [1.165, 1.54) is 0 Å². The Morgan fingerprint density at radius 1 is 1.12 bits per heavy atom. The predicted molar refractivity (Wildman–Crippen MR) is 121 cm³/mol. The molecule has 0 fully saturated rings. The molecule has 0 aliphatic heterocycles. The van der Waals surface area contributed by atoms with E-state index >= 15 is 0 Å². The maximum absolute atomic E-state index is 13.5. The summed E-state index contributed by atoms with van der Waals surface area (Å²) >= 11 is 6.00. The summed E-state index contributed by atoms with van der Waals surface area (Å²) in [6.45, 7) is 5.01. The van der Waals surface area contributed by atoms with Crippen LogP contribution in [0.15, 0.2) is 67.0 Å². The number of ether oxygens (including phenoxy) is 1. The molecule has 7 heteroatoms. The summed E-state index contributed by atoms with van der Waals surface area (Å²) in [7, 11) is 0. The lowest BCUT2D eigenvalue weighted by Crippen LogP contribution is -2.51. The molecule has 1 aromatic heterocycles. The molecule has 2 aromatic carbocycles. The number of hydrogen-bond donors (Lipinski definition) is 1. The fraction of sp³-hybridized carbons (Fsp3) is 0.280. The minimum atomic E-state index is -1.35. The summed E-state index contributed by atoms with van der Waals surface area (Å²) in [6, 6.07) is 13.9. The van der Waals surface area contributed by atoms with Crippen LogP contribution in [0.25, 0.3) is 0 Å². The Kier molecular flexibility index (Phi) is 7.46. The second kappa shape index (κ2) is 10.1. The summed E-state index contributed by atoms with van der Waals surface area (Å²) in [6.07, 6.45) is 4.13. The molecule has 3 aromatic rings. The first-order valence-electron chi connectivity index (χ1n) is 10.2. The Hall–Kier alpha value is -2.99.